The molecule has 0 unspecified atom stereocenters. The van der Waals surface area contributed by atoms with Gasteiger partial charge in [-0.2, -0.15) is 0 Å². The standard InChI is InChI=1S/C5H6O/c1-3-5(2)4-6/h1,4,6H,2H3/b5-4+. The van der Waals surface area contributed by atoms with Crippen molar-refractivity contribution in [3.05, 3.63) is 11.8 Å². The topological polar surface area (TPSA) is 20.2 Å². The lowest BCUT2D eigenvalue weighted by Crippen LogP contribution is -1.61. The van der Waals surface area contributed by atoms with Gasteiger partial charge in [0.2, 0.25) is 0 Å². The minimum Gasteiger partial charge on any atom is -0.515 e. The molecule has 0 amide bonds. The van der Waals surface area contributed by atoms with E-state index in [1.165, 1.54) is 0 Å². The summed E-state index contributed by atoms with van der Waals surface area (Å²) in [7, 11) is 0. The van der Waals surface area contributed by atoms with Crippen molar-refractivity contribution >= 4 is 0 Å². The maximum Gasteiger partial charge on any atom is 0.0904 e. The maximum absolute atomic E-state index is 8.03. The lowest BCUT2D eigenvalue weighted by Gasteiger charge is -1.73. The number of hydrogen-bond donors (Lipinski definition) is 1. The van der Waals surface area contributed by atoms with E-state index in [0.717, 1.165) is 6.26 Å². The SMILES string of the molecule is C#C/C(C)=C/O. The highest BCUT2D eigenvalue weighted by Gasteiger charge is 1.69. The Morgan fingerprint density at radius 2 is 2.50 bits per heavy atom. The summed E-state index contributed by atoms with van der Waals surface area (Å²) < 4.78 is 0. The molecule has 0 spiro atoms. The van der Waals surface area contributed by atoms with Crippen LogP contribution in [0.2, 0.25) is 0 Å². The second-order valence-electron chi connectivity index (χ2n) is 0.956. The van der Waals surface area contributed by atoms with Crippen LogP contribution in [0.1, 0.15) is 6.92 Å². The molecule has 0 fully saturated rings. The molecule has 0 aromatic rings. The molecule has 6 heavy (non-hydrogen) atoms. The number of allylic oxidation sites excluding steroid dienone is 1. The second-order valence-corrected chi connectivity index (χ2v) is 0.956. The summed E-state index contributed by atoms with van der Waals surface area (Å²) in [5.41, 5.74) is 0.551. The van der Waals surface area contributed by atoms with E-state index in [4.69, 9.17) is 11.5 Å². The summed E-state index contributed by atoms with van der Waals surface area (Å²) in [5.74, 6) is 2.23. The third-order valence-corrected chi connectivity index (χ3v) is 0.421. The summed E-state index contributed by atoms with van der Waals surface area (Å²) in [4.78, 5) is 0. The van der Waals surface area contributed by atoms with Gasteiger partial charge < -0.3 is 5.11 Å². The van der Waals surface area contributed by atoms with E-state index in [1.807, 2.05) is 0 Å². The van der Waals surface area contributed by atoms with Gasteiger partial charge in [-0.25, -0.2) is 0 Å². The van der Waals surface area contributed by atoms with Gasteiger partial charge in [-0.3, -0.25) is 0 Å². The van der Waals surface area contributed by atoms with Gasteiger partial charge in [0.05, 0.1) is 6.26 Å². The normalized spacial score (nSPS) is 10.3. The van der Waals surface area contributed by atoms with Crippen LogP contribution in [0.5, 0.6) is 0 Å². The van der Waals surface area contributed by atoms with Crippen molar-refractivity contribution in [1.82, 2.24) is 0 Å². The molecule has 0 bridgehead atoms. The third kappa shape index (κ3) is 1.42. The molecule has 0 aromatic heterocycles. The summed E-state index contributed by atoms with van der Waals surface area (Å²) in [6, 6.07) is 0. The number of aliphatic hydroxyl groups is 1. The molecule has 0 aliphatic heterocycles. The highest BCUT2D eigenvalue weighted by Crippen LogP contribution is 1.81. The zero-order valence-corrected chi connectivity index (χ0v) is 3.60. The average molecular weight is 82.1 g/mol. The van der Waals surface area contributed by atoms with Gasteiger partial charge >= 0.3 is 0 Å². The maximum atomic E-state index is 8.03. The zero-order chi connectivity index (χ0) is 4.99. The largest absolute Gasteiger partial charge is 0.515 e. The van der Waals surface area contributed by atoms with E-state index in [0.29, 0.717) is 5.57 Å². The molecule has 0 aromatic carbocycles. The Morgan fingerprint density at radius 1 is 2.00 bits per heavy atom. The van der Waals surface area contributed by atoms with E-state index in [9.17, 15) is 0 Å². The van der Waals surface area contributed by atoms with Crippen LogP contribution < -0.4 is 0 Å². The number of hydrogen-bond acceptors (Lipinski definition) is 1. The summed E-state index contributed by atoms with van der Waals surface area (Å²) >= 11 is 0. The number of aliphatic hydroxyl groups excluding tert-OH is 1. The quantitative estimate of drug-likeness (QED) is 0.342. The first kappa shape index (κ1) is 5.10. The van der Waals surface area contributed by atoms with Gasteiger partial charge in [-0.05, 0) is 6.92 Å². The third-order valence-electron chi connectivity index (χ3n) is 0.421. The van der Waals surface area contributed by atoms with E-state index in [2.05, 4.69) is 5.92 Å². The summed E-state index contributed by atoms with van der Waals surface area (Å²) in [6.07, 6.45) is 5.71. The fraction of sp³-hybridized carbons (Fsp3) is 0.200. The first-order valence-electron chi connectivity index (χ1n) is 1.59. The van der Waals surface area contributed by atoms with Gasteiger partial charge in [0.15, 0.2) is 0 Å². The monoisotopic (exact) mass is 82.0 g/mol. The Kier molecular flexibility index (Phi) is 1.99. The molecule has 0 aliphatic carbocycles. The molecule has 0 saturated heterocycles. The van der Waals surface area contributed by atoms with Crippen molar-refractivity contribution in [2.45, 2.75) is 6.92 Å². The van der Waals surface area contributed by atoms with E-state index >= 15 is 0 Å². The van der Waals surface area contributed by atoms with Crippen LogP contribution in [0.3, 0.4) is 0 Å². The fourth-order valence-electron chi connectivity index (χ4n) is 0.0373. The number of rotatable bonds is 0. The van der Waals surface area contributed by atoms with Gasteiger partial charge in [-0.15, -0.1) is 6.42 Å². The molecule has 0 saturated carbocycles. The molecule has 0 atom stereocenters. The smallest absolute Gasteiger partial charge is 0.0904 e. The molecule has 1 nitrogen and oxygen atoms in total. The zero-order valence-electron chi connectivity index (χ0n) is 3.60. The van der Waals surface area contributed by atoms with Gasteiger partial charge in [0.1, 0.15) is 0 Å². The average Bonchev–Trinajstić information content (AvgIpc) is 1.65. The van der Waals surface area contributed by atoms with E-state index in [-0.39, 0.29) is 0 Å². The summed E-state index contributed by atoms with van der Waals surface area (Å²) in [6.45, 7) is 1.65. The van der Waals surface area contributed by atoms with Crippen molar-refractivity contribution in [1.29, 1.82) is 0 Å². The molecular weight excluding hydrogens is 76.1 g/mol. The Hall–Kier alpha value is -0.900. The van der Waals surface area contributed by atoms with Crippen molar-refractivity contribution in [2.24, 2.45) is 0 Å². The first-order valence-corrected chi connectivity index (χ1v) is 1.59. The second kappa shape index (κ2) is 2.34. The predicted octanol–water partition coefficient (Wildman–Crippen LogP) is 1.08. The molecule has 0 radical (unpaired) electrons. The first-order chi connectivity index (χ1) is 2.81. The molecule has 0 aliphatic rings. The molecular formula is C5H6O. The fourth-order valence-corrected chi connectivity index (χ4v) is 0.0373. The highest BCUT2D eigenvalue weighted by molar-refractivity contribution is 5.19. The Morgan fingerprint density at radius 3 is 2.50 bits per heavy atom. The van der Waals surface area contributed by atoms with Crippen LogP contribution in [-0.2, 0) is 0 Å². The Bertz CT molecular complexity index is 95.0. The van der Waals surface area contributed by atoms with Crippen molar-refractivity contribution in [2.75, 3.05) is 0 Å². The van der Waals surface area contributed by atoms with Crippen LogP contribution in [0.4, 0.5) is 0 Å². The van der Waals surface area contributed by atoms with Gasteiger partial charge in [0, 0.05) is 5.57 Å². The molecule has 0 heterocycles. The molecule has 1 heteroatoms. The number of terminal acetylenes is 1. The molecule has 0 rings (SSSR count). The van der Waals surface area contributed by atoms with Gasteiger partial charge in [-0.1, -0.05) is 5.92 Å². The van der Waals surface area contributed by atoms with E-state index < -0.39 is 0 Å². The van der Waals surface area contributed by atoms with Gasteiger partial charge in [0.25, 0.3) is 0 Å². The Balaban J connectivity index is 3.61. The van der Waals surface area contributed by atoms with Crippen LogP contribution in [0, 0.1) is 12.3 Å². The lowest BCUT2D eigenvalue weighted by molar-refractivity contribution is 0.469. The van der Waals surface area contributed by atoms with E-state index in [1.54, 1.807) is 6.92 Å². The molecule has 1 N–H and O–H groups in total. The van der Waals surface area contributed by atoms with Crippen molar-refractivity contribution < 1.29 is 5.11 Å². The summed E-state index contributed by atoms with van der Waals surface area (Å²) in [5, 5.41) is 8.03. The van der Waals surface area contributed by atoms with Crippen LogP contribution in [0.25, 0.3) is 0 Å². The minimum atomic E-state index is 0.551. The van der Waals surface area contributed by atoms with Crippen molar-refractivity contribution in [3.8, 4) is 12.3 Å². The minimum absolute atomic E-state index is 0.551. The molecule has 32 valence electrons. The van der Waals surface area contributed by atoms with Crippen molar-refractivity contribution in [3.63, 3.8) is 0 Å². The van der Waals surface area contributed by atoms with Crippen LogP contribution in [0.15, 0.2) is 11.8 Å². The lowest BCUT2D eigenvalue weighted by atomic mass is 10.4. The highest BCUT2D eigenvalue weighted by atomic mass is 16.2. The van der Waals surface area contributed by atoms with Crippen LogP contribution in [-0.4, -0.2) is 5.11 Å². The predicted molar refractivity (Wildman–Crippen MR) is 25.2 cm³/mol. The Labute approximate surface area is 37.3 Å². The van der Waals surface area contributed by atoms with Crippen LogP contribution >= 0.6 is 0 Å².